The zero-order valence-corrected chi connectivity index (χ0v) is 21.6. The lowest BCUT2D eigenvalue weighted by Gasteiger charge is -2.30. The number of aromatic nitrogens is 3. The zero-order chi connectivity index (χ0) is 23.5. The standard InChI is InChI=1S/C26H29BrFN3O2S/c1-17(22-15-18-6-7-19(22)14-18)31-25(16-33-24-5-3-2-4-23(24)28)29-30-26(31)34-13-12-32-21-10-8-20(27)9-11-21/h2-5,8-11,17-19,22H,6-7,12-16H2,1H3/t17-,18+,19+,22-/m1/s1. The van der Waals surface area contributed by atoms with Crippen LogP contribution in [0.25, 0.3) is 0 Å². The van der Waals surface area contributed by atoms with E-state index >= 15 is 0 Å². The Morgan fingerprint density at radius 3 is 2.65 bits per heavy atom. The maximum atomic E-state index is 14.1. The lowest BCUT2D eigenvalue weighted by atomic mass is 9.84. The van der Waals surface area contributed by atoms with E-state index in [4.69, 9.17) is 9.47 Å². The predicted octanol–water partition coefficient (Wildman–Crippen LogP) is 6.93. The van der Waals surface area contributed by atoms with Crippen molar-refractivity contribution in [2.75, 3.05) is 12.4 Å². The maximum Gasteiger partial charge on any atom is 0.191 e. The second-order valence-corrected chi connectivity index (χ2v) is 11.2. The molecule has 180 valence electrons. The fraction of sp³-hybridized carbons (Fsp3) is 0.462. The van der Waals surface area contributed by atoms with Gasteiger partial charge in [0.2, 0.25) is 0 Å². The minimum absolute atomic E-state index is 0.190. The summed E-state index contributed by atoms with van der Waals surface area (Å²) in [6.45, 7) is 3.04. The summed E-state index contributed by atoms with van der Waals surface area (Å²) in [5.41, 5.74) is 0. The topological polar surface area (TPSA) is 49.2 Å². The number of thioether (sulfide) groups is 1. The summed E-state index contributed by atoms with van der Waals surface area (Å²) in [4.78, 5) is 0. The molecule has 1 heterocycles. The monoisotopic (exact) mass is 545 g/mol. The molecular weight excluding hydrogens is 517 g/mol. The highest BCUT2D eigenvalue weighted by Gasteiger charge is 2.43. The van der Waals surface area contributed by atoms with Crippen LogP contribution in [0.15, 0.2) is 58.2 Å². The van der Waals surface area contributed by atoms with Gasteiger partial charge in [0.25, 0.3) is 0 Å². The van der Waals surface area contributed by atoms with Crippen molar-refractivity contribution in [1.82, 2.24) is 14.8 Å². The number of halogens is 2. The molecule has 0 radical (unpaired) electrons. The summed E-state index contributed by atoms with van der Waals surface area (Å²) < 4.78 is 29.0. The third kappa shape index (κ3) is 5.28. The van der Waals surface area contributed by atoms with E-state index in [1.807, 2.05) is 24.3 Å². The number of benzene rings is 2. The fourth-order valence-electron chi connectivity index (χ4n) is 5.52. The molecule has 2 aromatic carbocycles. The molecule has 3 aromatic rings. The molecule has 0 unspecified atom stereocenters. The third-order valence-corrected chi connectivity index (χ3v) is 8.58. The van der Waals surface area contributed by atoms with Gasteiger partial charge in [0, 0.05) is 16.3 Å². The molecule has 5 nitrogen and oxygen atoms in total. The Kier molecular flexibility index (Phi) is 7.44. The molecule has 2 saturated carbocycles. The first-order valence-corrected chi connectivity index (χ1v) is 13.7. The van der Waals surface area contributed by atoms with Gasteiger partial charge in [-0.25, -0.2) is 4.39 Å². The van der Waals surface area contributed by atoms with Crippen LogP contribution in [0.3, 0.4) is 0 Å². The molecule has 2 fully saturated rings. The molecule has 4 atom stereocenters. The first-order valence-electron chi connectivity index (χ1n) is 11.9. The van der Waals surface area contributed by atoms with E-state index in [-0.39, 0.29) is 24.2 Å². The van der Waals surface area contributed by atoms with Crippen LogP contribution in [0, 0.1) is 23.6 Å². The largest absolute Gasteiger partial charge is 0.493 e. The predicted molar refractivity (Wildman–Crippen MR) is 135 cm³/mol. The van der Waals surface area contributed by atoms with Crippen LogP contribution in [0.2, 0.25) is 0 Å². The van der Waals surface area contributed by atoms with E-state index in [1.54, 1.807) is 30.0 Å². The molecule has 1 aromatic heterocycles. The zero-order valence-electron chi connectivity index (χ0n) is 19.2. The highest BCUT2D eigenvalue weighted by atomic mass is 79.9. The summed E-state index contributed by atoms with van der Waals surface area (Å²) in [5, 5.41) is 9.84. The molecule has 0 aliphatic heterocycles. The van der Waals surface area contributed by atoms with Crippen LogP contribution in [0.5, 0.6) is 11.5 Å². The first kappa shape index (κ1) is 23.7. The molecule has 0 N–H and O–H groups in total. The van der Waals surface area contributed by atoms with Gasteiger partial charge in [-0.3, -0.25) is 4.57 Å². The Hall–Kier alpha value is -2.06. The molecule has 0 saturated heterocycles. The average Bonchev–Trinajstić information content (AvgIpc) is 3.58. The number of ether oxygens (including phenoxy) is 2. The van der Waals surface area contributed by atoms with E-state index in [9.17, 15) is 4.39 Å². The molecule has 2 bridgehead atoms. The van der Waals surface area contributed by atoms with Crippen LogP contribution in [0.1, 0.15) is 44.5 Å². The minimum atomic E-state index is -0.366. The molecule has 8 heteroatoms. The Morgan fingerprint density at radius 2 is 1.91 bits per heavy atom. The number of hydrogen-bond acceptors (Lipinski definition) is 5. The highest BCUT2D eigenvalue weighted by Crippen LogP contribution is 2.52. The second-order valence-electron chi connectivity index (χ2n) is 9.22. The molecule has 2 aliphatic rings. The van der Waals surface area contributed by atoms with Crippen molar-refractivity contribution in [3.63, 3.8) is 0 Å². The van der Waals surface area contributed by atoms with E-state index in [2.05, 4.69) is 37.6 Å². The van der Waals surface area contributed by atoms with Crippen molar-refractivity contribution >= 4 is 27.7 Å². The summed E-state index contributed by atoms with van der Waals surface area (Å²) in [6.07, 6.45) is 5.32. The van der Waals surface area contributed by atoms with Crippen LogP contribution in [-0.4, -0.2) is 27.1 Å². The number of hydrogen-bond donors (Lipinski definition) is 0. The van der Waals surface area contributed by atoms with E-state index in [0.717, 1.165) is 38.8 Å². The van der Waals surface area contributed by atoms with Crippen LogP contribution in [0.4, 0.5) is 4.39 Å². The Labute approximate surface area is 212 Å². The van der Waals surface area contributed by atoms with Crippen LogP contribution < -0.4 is 9.47 Å². The maximum absolute atomic E-state index is 14.1. The van der Waals surface area contributed by atoms with Gasteiger partial charge in [-0.1, -0.05) is 46.2 Å². The van der Waals surface area contributed by atoms with Gasteiger partial charge in [-0.15, -0.1) is 10.2 Å². The van der Waals surface area contributed by atoms with Crippen molar-refractivity contribution in [1.29, 1.82) is 0 Å². The highest BCUT2D eigenvalue weighted by molar-refractivity contribution is 9.10. The quantitative estimate of drug-likeness (QED) is 0.204. The van der Waals surface area contributed by atoms with E-state index < -0.39 is 0 Å². The summed E-state index contributed by atoms with van der Waals surface area (Å²) in [5.74, 6) is 4.49. The SMILES string of the molecule is C[C@H]([C@H]1C[C@H]2CC[C@H]1C2)n1c(COc2ccccc2F)nnc1SCCOc1ccc(Br)cc1. The number of nitrogens with zero attached hydrogens (tertiary/aromatic N) is 3. The van der Waals surface area contributed by atoms with Crippen molar-refractivity contribution in [3.05, 3.63) is 64.6 Å². The molecule has 0 amide bonds. The minimum Gasteiger partial charge on any atom is -0.493 e. The fourth-order valence-corrected chi connectivity index (χ4v) is 6.64. The number of fused-ring (bicyclic) bond motifs is 2. The van der Waals surface area contributed by atoms with Gasteiger partial charge in [0.1, 0.15) is 12.4 Å². The molecule has 34 heavy (non-hydrogen) atoms. The Bertz CT molecular complexity index is 1110. The van der Waals surface area contributed by atoms with Crippen molar-refractivity contribution < 1.29 is 13.9 Å². The molecular formula is C26H29BrFN3O2S. The third-order valence-electron chi connectivity index (χ3n) is 7.15. The first-order chi connectivity index (χ1) is 16.6. The van der Waals surface area contributed by atoms with Crippen molar-refractivity contribution in [3.8, 4) is 11.5 Å². The van der Waals surface area contributed by atoms with Gasteiger partial charge in [-0.05, 0) is 80.3 Å². The van der Waals surface area contributed by atoms with Crippen molar-refractivity contribution in [2.45, 2.75) is 50.4 Å². The number of para-hydroxylation sites is 1. The van der Waals surface area contributed by atoms with Gasteiger partial charge >= 0.3 is 0 Å². The summed E-state index contributed by atoms with van der Waals surface area (Å²) in [7, 11) is 0. The van der Waals surface area contributed by atoms with Gasteiger partial charge in [-0.2, -0.15) is 0 Å². The Balaban J connectivity index is 1.28. The van der Waals surface area contributed by atoms with Crippen LogP contribution >= 0.6 is 27.7 Å². The van der Waals surface area contributed by atoms with Gasteiger partial charge < -0.3 is 9.47 Å². The smallest absolute Gasteiger partial charge is 0.191 e. The van der Waals surface area contributed by atoms with E-state index in [0.29, 0.717) is 12.5 Å². The lowest BCUT2D eigenvalue weighted by molar-refractivity contribution is 0.215. The Morgan fingerprint density at radius 1 is 1.09 bits per heavy atom. The summed E-state index contributed by atoms with van der Waals surface area (Å²) >= 11 is 5.09. The molecule has 0 spiro atoms. The second kappa shape index (κ2) is 10.7. The normalized spacial score (nSPS) is 22.1. The average molecular weight is 547 g/mol. The lowest BCUT2D eigenvalue weighted by Crippen LogP contribution is -2.24. The van der Waals surface area contributed by atoms with Gasteiger partial charge in [0.15, 0.2) is 22.5 Å². The van der Waals surface area contributed by atoms with E-state index in [1.165, 1.54) is 31.7 Å². The van der Waals surface area contributed by atoms with Crippen molar-refractivity contribution in [2.24, 2.45) is 17.8 Å². The van der Waals surface area contributed by atoms with Crippen LogP contribution in [-0.2, 0) is 6.61 Å². The number of rotatable bonds is 10. The molecule has 2 aliphatic carbocycles. The van der Waals surface area contributed by atoms with Gasteiger partial charge in [0.05, 0.1) is 6.61 Å². The summed E-state index contributed by atoms with van der Waals surface area (Å²) in [6, 6.07) is 14.6. The molecule has 5 rings (SSSR count).